The molecule has 0 bridgehead atoms. The molecule has 0 saturated carbocycles. The summed E-state index contributed by atoms with van der Waals surface area (Å²) in [5, 5.41) is 7.45. The number of nitrogens with one attached hydrogen (secondary N) is 1. The monoisotopic (exact) mass is 317 g/mol. The highest BCUT2D eigenvalue weighted by molar-refractivity contribution is 7.93. The van der Waals surface area contributed by atoms with Crippen molar-refractivity contribution >= 4 is 38.6 Å². The van der Waals surface area contributed by atoms with Crippen LogP contribution in [0.15, 0.2) is 17.0 Å². The summed E-state index contributed by atoms with van der Waals surface area (Å²) in [6, 6.07) is 3.18. The zero-order chi connectivity index (χ0) is 14.2. The molecule has 2 rings (SSSR count). The van der Waals surface area contributed by atoms with E-state index >= 15 is 0 Å². The van der Waals surface area contributed by atoms with E-state index < -0.39 is 10.0 Å². The van der Waals surface area contributed by atoms with Gasteiger partial charge in [-0.2, -0.15) is 5.10 Å². The van der Waals surface area contributed by atoms with Gasteiger partial charge in [0.05, 0.1) is 11.4 Å². The van der Waals surface area contributed by atoms with Crippen LogP contribution in [0.4, 0.5) is 5.69 Å². The van der Waals surface area contributed by atoms with E-state index in [9.17, 15) is 8.42 Å². The third-order valence-corrected chi connectivity index (χ3v) is 5.27. The fourth-order valence-electron chi connectivity index (χ4n) is 1.62. The molecule has 0 atom stereocenters. The molecule has 0 spiro atoms. The molecule has 2 aromatic heterocycles. The van der Waals surface area contributed by atoms with Crippen LogP contribution in [0.3, 0.4) is 0 Å². The predicted octanol–water partition coefficient (Wildman–Crippen LogP) is 2.92. The van der Waals surface area contributed by atoms with E-state index in [1.54, 1.807) is 26.0 Å². The van der Waals surface area contributed by atoms with Gasteiger partial charge in [-0.3, -0.25) is 4.72 Å². The number of thiophene rings is 1. The van der Waals surface area contributed by atoms with Gasteiger partial charge in [-0.05, 0) is 32.9 Å². The van der Waals surface area contributed by atoms with Crippen LogP contribution < -0.4 is 4.72 Å². The first-order valence-electron chi connectivity index (χ1n) is 5.39. The number of aromatic nitrogens is 2. The molecule has 8 heteroatoms. The Morgan fingerprint density at radius 3 is 2.47 bits per heavy atom. The Kier molecular flexibility index (Phi) is 3.80. The van der Waals surface area contributed by atoms with Gasteiger partial charge in [0.15, 0.2) is 5.15 Å². The lowest BCUT2D eigenvalue weighted by Crippen LogP contribution is -2.14. The quantitative estimate of drug-likeness (QED) is 0.944. The van der Waals surface area contributed by atoms with Crippen molar-refractivity contribution in [1.82, 2.24) is 10.2 Å². The van der Waals surface area contributed by atoms with Gasteiger partial charge < -0.3 is 0 Å². The van der Waals surface area contributed by atoms with Crippen LogP contribution in [-0.4, -0.2) is 18.6 Å². The van der Waals surface area contributed by atoms with Crippen LogP contribution in [0.25, 0.3) is 0 Å². The molecule has 0 amide bonds. The maximum absolute atomic E-state index is 12.3. The third kappa shape index (κ3) is 3.05. The summed E-state index contributed by atoms with van der Waals surface area (Å²) in [6.45, 7) is 5.34. The van der Waals surface area contributed by atoms with Crippen molar-refractivity contribution in [3.63, 3.8) is 0 Å². The van der Waals surface area contributed by atoms with Crippen LogP contribution in [0.1, 0.15) is 15.4 Å². The Labute approximate surface area is 120 Å². The molecule has 0 radical (unpaired) electrons. The van der Waals surface area contributed by atoms with Crippen LogP contribution in [0.5, 0.6) is 0 Å². The maximum Gasteiger partial charge on any atom is 0.263 e. The molecule has 102 valence electrons. The molecule has 2 aromatic rings. The molecule has 1 N–H and O–H groups in total. The van der Waals surface area contributed by atoms with Gasteiger partial charge in [-0.15, -0.1) is 16.4 Å². The molecule has 0 aliphatic rings. The Balaban J connectivity index is 2.42. The molecule has 19 heavy (non-hydrogen) atoms. The highest BCUT2D eigenvalue weighted by atomic mass is 35.5. The molecule has 0 saturated heterocycles. The van der Waals surface area contributed by atoms with Crippen LogP contribution >= 0.6 is 22.9 Å². The highest BCUT2D eigenvalue weighted by Crippen LogP contribution is 2.28. The number of halogens is 1. The lowest BCUT2D eigenvalue weighted by atomic mass is 10.4. The number of anilines is 1. The van der Waals surface area contributed by atoms with Crippen molar-refractivity contribution in [2.24, 2.45) is 0 Å². The van der Waals surface area contributed by atoms with E-state index in [0.29, 0.717) is 5.69 Å². The molecule has 0 aliphatic heterocycles. The fraction of sp³-hybridized carbons (Fsp3) is 0.273. The van der Waals surface area contributed by atoms with Gasteiger partial charge in [-0.25, -0.2) is 8.42 Å². The number of hydrogen-bond donors (Lipinski definition) is 1. The summed E-state index contributed by atoms with van der Waals surface area (Å²) in [5.74, 6) is 0. The van der Waals surface area contributed by atoms with Gasteiger partial charge in [0.25, 0.3) is 10.0 Å². The SMILES string of the molecule is Cc1cc(NS(=O)(=O)c2cc(C)sc2C)c(Cl)nn1. The van der Waals surface area contributed by atoms with E-state index in [-0.39, 0.29) is 15.7 Å². The van der Waals surface area contributed by atoms with Gasteiger partial charge in [0.2, 0.25) is 0 Å². The number of nitrogens with zero attached hydrogens (tertiary/aromatic N) is 2. The van der Waals surface area contributed by atoms with Gasteiger partial charge >= 0.3 is 0 Å². The van der Waals surface area contributed by atoms with Crippen molar-refractivity contribution in [2.75, 3.05) is 4.72 Å². The summed E-state index contributed by atoms with van der Waals surface area (Å²) < 4.78 is 27.0. The van der Waals surface area contributed by atoms with Gasteiger partial charge in [0, 0.05) is 9.75 Å². The van der Waals surface area contributed by atoms with Crippen molar-refractivity contribution < 1.29 is 8.42 Å². The summed E-state index contributed by atoms with van der Waals surface area (Å²) in [5.41, 5.74) is 0.817. The molecule has 0 fully saturated rings. The normalized spacial score (nSPS) is 11.6. The number of hydrogen-bond acceptors (Lipinski definition) is 5. The maximum atomic E-state index is 12.3. The molecule has 2 heterocycles. The first-order valence-corrected chi connectivity index (χ1v) is 8.07. The molecule has 0 unspecified atom stereocenters. The molecule has 0 aromatic carbocycles. The zero-order valence-corrected chi connectivity index (χ0v) is 12.9. The van der Waals surface area contributed by atoms with Crippen LogP contribution in [-0.2, 0) is 10.0 Å². The second kappa shape index (κ2) is 5.07. The molecule has 0 aliphatic carbocycles. The van der Waals surface area contributed by atoms with E-state index in [2.05, 4.69) is 14.9 Å². The third-order valence-electron chi connectivity index (χ3n) is 2.40. The lowest BCUT2D eigenvalue weighted by Gasteiger charge is -2.08. The number of sulfonamides is 1. The second-order valence-electron chi connectivity index (χ2n) is 4.07. The Morgan fingerprint density at radius 2 is 1.89 bits per heavy atom. The highest BCUT2D eigenvalue weighted by Gasteiger charge is 2.20. The standard InChI is InChI=1S/C11H12ClN3O2S2/c1-6-4-9(11(12)14-13-6)15-19(16,17)10-5-7(2)18-8(10)3/h4-5H,1-3H3,(H,13,15). The van der Waals surface area contributed by atoms with Crippen molar-refractivity contribution in [3.05, 3.63) is 32.7 Å². The topological polar surface area (TPSA) is 72.0 Å². The number of rotatable bonds is 3. The van der Waals surface area contributed by atoms with E-state index in [1.807, 2.05) is 6.92 Å². The molecular weight excluding hydrogens is 306 g/mol. The minimum absolute atomic E-state index is 0.0266. The van der Waals surface area contributed by atoms with E-state index in [4.69, 9.17) is 11.6 Å². The van der Waals surface area contributed by atoms with E-state index in [0.717, 1.165) is 9.75 Å². The lowest BCUT2D eigenvalue weighted by molar-refractivity contribution is 0.601. The Hall–Kier alpha value is -1.18. The first-order chi connectivity index (χ1) is 8.79. The Bertz CT molecular complexity index is 726. The summed E-state index contributed by atoms with van der Waals surface area (Å²) in [7, 11) is -3.65. The number of aryl methyl sites for hydroxylation is 3. The largest absolute Gasteiger partial charge is 0.276 e. The minimum Gasteiger partial charge on any atom is -0.276 e. The van der Waals surface area contributed by atoms with E-state index in [1.165, 1.54) is 11.3 Å². The van der Waals surface area contributed by atoms with Crippen LogP contribution in [0, 0.1) is 20.8 Å². The second-order valence-corrected chi connectivity index (χ2v) is 7.54. The average Bonchev–Trinajstić information content (AvgIpc) is 2.63. The zero-order valence-electron chi connectivity index (χ0n) is 10.6. The summed E-state index contributed by atoms with van der Waals surface area (Å²) in [6.07, 6.45) is 0. The first kappa shape index (κ1) is 14.2. The fourth-order valence-corrected chi connectivity index (χ4v) is 4.43. The van der Waals surface area contributed by atoms with Gasteiger partial charge in [0.1, 0.15) is 4.90 Å². The predicted molar refractivity (Wildman–Crippen MR) is 76.4 cm³/mol. The average molecular weight is 318 g/mol. The van der Waals surface area contributed by atoms with Crippen molar-refractivity contribution in [1.29, 1.82) is 0 Å². The summed E-state index contributed by atoms with van der Waals surface area (Å²) in [4.78, 5) is 1.94. The molecular formula is C11H12ClN3O2S2. The Morgan fingerprint density at radius 1 is 1.21 bits per heavy atom. The minimum atomic E-state index is -3.65. The molecule has 5 nitrogen and oxygen atoms in total. The van der Waals surface area contributed by atoms with Crippen molar-refractivity contribution in [2.45, 2.75) is 25.7 Å². The summed E-state index contributed by atoms with van der Waals surface area (Å²) >= 11 is 7.27. The van der Waals surface area contributed by atoms with Crippen LogP contribution in [0.2, 0.25) is 5.15 Å². The van der Waals surface area contributed by atoms with Crippen molar-refractivity contribution in [3.8, 4) is 0 Å². The van der Waals surface area contributed by atoms with Gasteiger partial charge in [-0.1, -0.05) is 11.6 Å². The smallest absolute Gasteiger partial charge is 0.263 e.